The Morgan fingerprint density at radius 2 is 1.93 bits per heavy atom. The number of rotatable bonds is 5. The van der Waals surface area contributed by atoms with Crippen molar-refractivity contribution in [3.63, 3.8) is 0 Å². The topological polar surface area (TPSA) is 94.0 Å². The summed E-state index contributed by atoms with van der Waals surface area (Å²) in [4.78, 5) is 15.6. The summed E-state index contributed by atoms with van der Waals surface area (Å²) in [7, 11) is 0. The van der Waals surface area contributed by atoms with Crippen molar-refractivity contribution in [2.45, 2.75) is 31.8 Å². The quantitative estimate of drug-likeness (QED) is 0.722. The van der Waals surface area contributed by atoms with Crippen LogP contribution in [0.15, 0.2) is 42.5 Å². The predicted molar refractivity (Wildman–Crippen MR) is 96.7 cm³/mol. The highest BCUT2D eigenvalue weighted by molar-refractivity contribution is 5.75. The van der Waals surface area contributed by atoms with Crippen LogP contribution >= 0.6 is 0 Å². The maximum atomic E-state index is 13.2. The van der Waals surface area contributed by atoms with Crippen molar-refractivity contribution in [1.29, 1.82) is 0 Å². The number of halogens is 1. The van der Waals surface area contributed by atoms with E-state index in [9.17, 15) is 14.3 Å². The third-order valence-electron chi connectivity index (χ3n) is 4.77. The molecule has 3 aromatic rings. The van der Waals surface area contributed by atoms with Gasteiger partial charge in [-0.15, -0.1) is 0 Å². The molecule has 0 aliphatic heterocycles. The van der Waals surface area contributed by atoms with Crippen molar-refractivity contribution in [3.8, 4) is 5.69 Å². The second kappa shape index (κ2) is 6.92. The summed E-state index contributed by atoms with van der Waals surface area (Å²) in [6.45, 7) is 0. The molecule has 138 valence electrons. The van der Waals surface area contributed by atoms with Crippen molar-refractivity contribution in [3.05, 3.63) is 76.6 Å². The standard InChI is InChI=1S/C20H19FN4O2/c21-15-7-4-13(5-8-15)19(27)20-23-18(11-17(22)26)24-25(20)16-9-6-12-2-1-3-14(12)10-16/h4-10,19,27H,1-3,11H2,(H2,22,26)/t19-/m1/s1. The molecule has 0 bridgehead atoms. The summed E-state index contributed by atoms with van der Waals surface area (Å²) in [5, 5.41) is 15.2. The average molecular weight is 366 g/mol. The first-order valence-corrected chi connectivity index (χ1v) is 8.81. The van der Waals surface area contributed by atoms with Crippen molar-refractivity contribution in [1.82, 2.24) is 14.8 Å². The van der Waals surface area contributed by atoms with Gasteiger partial charge < -0.3 is 10.8 Å². The highest BCUT2D eigenvalue weighted by Gasteiger charge is 2.22. The Balaban J connectivity index is 1.78. The Kier molecular flexibility index (Phi) is 4.45. The van der Waals surface area contributed by atoms with Crippen molar-refractivity contribution in [2.24, 2.45) is 5.73 Å². The fraction of sp³-hybridized carbons (Fsp3) is 0.250. The highest BCUT2D eigenvalue weighted by Crippen LogP contribution is 2.27. The highest BCUT2D eigenvalue weighted by atomic mass is 19.1. The van der Waals surface area contributed by atoms with Crippen molar-refractivity contribution < 1.29 is 14.3 Å². The Labute approximate surface area is 155 Å². The SMILES string of the molecule is NC(=O)Cc1nc([C@H](O)c2ccc(F)cc2)n(-c2ccc3c(c2)CCC3)n1. The second-order valence-electron chi connectivity index (χ2n) is 6.70. The summed E-state index contributed by atoms with van der Waals surface area (Å²) in [6.07, 6.45) is 1.94. The Morgan fingerprint density at radius 3 is 2.67 bits per heavy atom. The van der Waals surface area contributed by atoms with Gasteiger partial charge in [0.2, 0.25) is 5.91 Å². The number of aromatic nitrogens is 3. The van der Waals surface area contributed by atoms with Gasteiger partial charge in [0.25, 0.3) is 0 Å². The van der Waals surface area contributed by atoms with Gasteiger partial charge in [0, 0.05) is 0 Å². The lowest BCUT2D eigenvalue weighted by atomic mass is 10.1. The van der Waals surface area contributed by atoms with Gasteiger partial charge >= 0.3 is 0 Å². The van der Waals surface area contributed by atoms with Crippen LogP contribution in [0.1, 0.15) is 40.9 Å². The Bertz CT molecular complexity index is 998. The Hall–Kier alpha value is -3.06. The minimum atomic E-state index is -1.12. The minimum absolute atomic E-state index is 0.124. The van der Waals surface area contributed by atoms with E-state index >= 15 is 0 Å². The molecule has 1 heterocycles. The molecule has 0 fully saturated rings. The molecule has 1 atom stereocenters. The normalized spacial score (nSPS) is 14.1. The summed E-state index contributed by atoms with van der Waals surface area (Å²) in [6, 6.07) is 11.6. The van der Waals surface area contributed by atoms with E-state index in [1.807, 2.05) is 12.1 Å². The first-order valence-electron chi connectivity index (χ1n) is 8.81. The molecule has 3 N–H and O–H groups in total. The Morgan fingerprint density at radius 1 is 1.19 bits per heavy atom. The monoisotopic (exact) mass is 366 g/mol. The number of carbonyl (C=O) groups excluding carboxylic acids is 1. The van der Waals surface area contributed by atoms with Crippen LogP contribution in [0.3, 0.4) is 0 Å². The number of nitrogens with zero attached hydrogens (tertiary/aromatic N) is 3. The number of benzene rings is 2. The zero-order chi connectivity index (χ0) is 19.0. The van der Waals surface area contributed by atoms with Crippen molar-refractivity contribution >= 4 is 5.91 Å². The van der Waals surface area contributed by atoms with E-state index in [-0.39, 0.29) is 23.9 Å². The molecular formula is C20H19FN4O2. The van der Waals surface area contributed by atoms with E-state index in [0.29, 0.717) is 5.56 Å². The number of fused-ring (bicyclic) bond motifs is 1. The van der Waals surface area contributed by atoms with Gasteiger partial charge in [-0.3, -0.25) is 4.79 Å². The smallest absolute Gasteiger partial charge is 0.225 e. The maximum absolute atomic E-state index is 13.2. The molecule has 1 aromatic heterocycles. The number of carbonyl (C=O) groups is 1. The molecule has 0 unspecified atom stereocenters. The van der Waals surface area contributed by atoms with Crippen molar-refractivity contribution in [2.75, 3.05) is 0 Å². The van der Waals surface area contributed by atoms with E-state index < -0.39 is 12.0 Å². The summed E-state index contributed by atoms with van der Waals surface area (Å²) in [5.74, 6) is -0.445. The molecule has 1 aliphatic rings. The number of aryl methyl sites for hydroxylation is 2. The van der Waals surface area contributed by atoms with E-state index in [1.54, 1.807) is 0 Å². The minimum Gasteiger partial charge on any atom is -0.380 e. The molecule has 6 nitrogen and oxygen atoms in total. The van der Waals surface area contributed by atoms with Crippen LogP contribution in [-0.4, -0.2) is 25.8 Å². The maximum Gasteiger partial charge on any atom is 0.225 e. The molecule has 0 radical (unpaired) electrons. The lowest BCUT2D eigenvalue weighted by Gasteiger charge is -2.13. The molecule has 0 saturated heterocycles. The van der Waals surface area contributed by atoms with Crippen LogP contribution in [0.2, 0.25) is 0 Å². The zero-order valence-electron chi connectivity index (χ0n) is 14.6. The fourth-order valence-corrected chi connectivity index (χ4v) is 3.45. The first-order chi connectivity index (χ1) is 13.0. The van der Waals surface area contributed by atoms with Gasteiger partial charge in [-0.25, -0.2) is 14.1 Å². The predicted octanol–water partition coefficient (Wildman–Crippen LogP) is 2.00. The summed E-state index contributed by atoms with van der Waals surface area (Å²) in [5.41, 5.74) is 9.08. The van der Waals surface area contributed by atoms with Crippen LogP contribution in [0, 0.1) is 5.82 Å². The number of aliphatic hydroxyl groups excluding tert-OH is 1. The van der Waals surface area contributed by atoms with Gasteiger partial charge in [0.1, 0.15) is 11.9 Å². The zero-order valence-corrected chi connectivity index (χ0v) is 14.6. The molecule has 0 saturated carbocycles. The lowest BCUT2D eigenvalue weighted by Crippen LogP contribution is -2.14. The number of amides is 1. The van der Waals surface area contributed by atoms with Crippen LogP contribution in [0.4, 0.5) is 4.39 Å². The van der Waals surface area contributed by atoms with E-state index in [0.717, 1.165) is 24.9 Å². The molecule has 0 spiro atoms. The van der Waals surface area contributed by atoms with Crippen LogP contribution in [0.5, 0.6) is 0 Å². The van der Waals surface area contributed by atoms with Gasteiger partial charge in [0.15, 0.2) is 11.6 Å². The van der Waals surface area contributed by atoms with Crippen LogP contribution in [0.25, 0.3) is 5.69 Å². The molecule has 1 aliphatic carbocycles. The third kappa shape index (κ3) is 3.46. The average Bonchev–Trinajstić information content (AvgIpc) is 3.27. The second-order valence-corrected chi connectivity index (χ2v) is 6.70. The number of hydrogen-bond donors (Lipinski definition) is 2. The number of hydrogen-bond acceptors (Lipinski definition) is 4. The number of aliphatic hydroxyl groups is 1. The van der Waals surface area contributed by atoms with Gasteiger partial charge in [-0.1, -0.05) is 18.2 Å². The van der Waals surface area contributed by atoms with E-state index in [2.05, 4.69) is 16.1 Å². The van der Waals surface area contributed by atoms with Gasteiger partial charge in [0.05, 0.1) is 12.1 Å². The molecule has 4 rings (SSSR count). The molecule has 7 heteroatoms. The lowest BCUT2D eigenvalue weighted by molar-refractivity contribution is -0.117. The molecular weight excluding hydrogens is 347 g/mol. The largest absolute Gasteiger partial charge is 0.380 e. The molecule has 2 aromatic carbocycles. The number of primary amides is 1. The first kappa shape index (κ1) is 17.4. The summed E-state index contributed by atoms with van der Waals surface area (Å²) < 4.78 is 14.7. The third-order valence-corrected chi connectivity index (χ3v) is 4.77. The van der Waals surface area contributed by atoms with Gasteiger partial charge in [-0.05, 0) is 60.2 Å². The van der Waals surface area contributed by atoms with E-state index in [4.69, 9.17) is 5.73 Å². The van der Waals surface area contributed by atoms with Gasteiger partial charge in [-0.2, -0.15) is 5.10 Å². The molecule has 1 amide bonds. The van der Waals surface area contributed by atoms with Crippen LogP contribution < -0.4 is 5.73 Å². The fourth-order valence-electron chi connectivity index (χ4n) is 3.45. The van der Waals surface area contributed by atoms with Crippen LogP contribution in [-0.2, 0) is 24.1 Å². The summed E-state index contributed by atoms with van der Waals surface area (Å²) >= 11 is 0. The number of nitrogens with two attached hydrogens (primary N) is 1. The van der Waals surface area contributed by atoms with E-state index in [1.165, 1.54) is 40.1 Å². The molecule has 27 heavy (non-hydrogen) atoms.